The predicted molar refractivity (Wildman–Crippen MR) is 143 cm³/mol. The Morgan fingerprint density at radius 1 is 0.943 bits per heavy atom. The number of rotatable bonds is 13. The number of hydrogen-bond donors (Lipinski definition) is 0. The molecule has 0 saturated heterocycles. The van der Waals surface area contributed by atoms with Gasteiger partial charge in [-0.15, -0.1) is 0 Å². The number of esters is 1. The summed E-state index contributed by atoms with van der Waals surface area (Å²) >= 11 is 0. The van der Waals surface area contributed by atoms with E-state index in [-0.39, 0.29) is 17.5 Å². The fraction of sp³-hybridized carbons (Fsp3) is 0.562. The number of benzene rings is 2. The summed E-state index contributed by atoms with van der Waals surface area (Å²) in [4.78, 5) is 25.1. The minimum Gasteiger partial charge on any atom is -0.462 e. The highest BCUT2D eigenvalue weighted by Crippen LogP contribution is 2.43. The third kappa shape index (κ3) is 8.33. The minimum absolute atomic E-state index is 0.0363. The molecule has 0 bridgehead atoms. The summed E-state index contributed by atoms with van der Waals surface area (Å²) in [5, 5.41) is 0. The second-order valence-electron chi connectivity index (χ2n) is 10.6. The van der Waals surface area contributed by atoms with Crippen LogP contribution in [0.4, 0.5) is 0 Å². The Morgan fingerprint density at radius 2 is 1.60 bits per heavy atom. The summed E-state index contributed by atoms with van der Waals surface area (Å²) in [6.45, 7) is 6.22. The number of hydrogen-bond acceptors (Lipinski definition) is 3. The maximum atomic E-state index is 12.7. The van der Waals surface area contributed by atoms with E-state index < -0.39 is 0 Å². The van der Waals surface area contributed by atoms with Crippen LogP contribution >= 0.6 is 0 Å². The van der Waals surface area contributed by atoms with Crippen LogP contribution in [0, 0.1) is 11.3 Å². The van der Waals surface area contributed by atoms with Crippen molar-refractivity contribution in [3.63, 3.8) is 0 Å². The van der Waals surface area contributed by atoms with Crippen molar-refractivity contribution in [2.24, 2.45) is 11.3 Å². The van der Waals surface area contributed by atoms with Gasteiger partial charge in [0, 0.05) is 11.8 Å². The van der Waals surface area contributed by atoms with Crippen molar-refractivity contribution in [1.82, 2.24) is 0 Å². The van der Waals surface area contributed by atoms with Gasteiger partial charge in [0.25, 0.3) is 0 Å². The molecule has 0 radical (unpaired) electrons. The molecule has 0 aromatic heterocycles. The second-order valence-corrected chi connectivity index (χ2v) is 10.6. The second kappa shape index (κ2) is 13.6. The van der Waals surface area contributed by atoms with Crippen molar-refractivity contribution in [2.75, 3.05) is 0 Å². The van der Waals surface area contributed by atoms with Crippen LogP contribution in [-0.2, 0) is 33.6 Å². The first-order chi connectivity index (χ1) is 16.9. The number of ketones is 1. The van der Waals surface area contributed by atoms with Crippen LogP contribution in [0.3, 0.4) is 0 Å². The fourth-order valence-corrected chi connectivity index (χ4v) is 5.54. The van der Waals surface area contributed by atoms with Crippen molar-refractivity contribution < 1.29 is 14.3 Å². The zero-order valence-corrected chi connectivity index (χ0v) is 22.1. The van der Waals surface area contributed by atoms with Gasteiger partial charge in [0.05, 0.1) is 0 Å². The molecule has 2 aromatic rings. The number of Topliss-reactive ketones (excluding diaryl/α,β-unsaturated/α-hetero) is 1. The molecule has 35 heavy (non-hydrogen) atoms. The molecular formula is C32H44O3. The summed E-state index contributed by atoms with van der Waals surface area (Å²) in [5.41, 5.74) is 3.79. The van der Waals surface area contributed by atoms with Crippen LogP contribution < -0.4 is 0 Å². The van der Waals surface area contributed by atoms with Crippen LogP contribution in [0.25, 0.3) is 0 Å². The summed E-state index contributed by atoms with van der Waals surface area (Å²) in [6.07, 6.45) is 10.7. The van der Waals surface area contributed by atoms with E-state index in [4.69, 9.17) is 4.74 Å². The highest BCUT2D eigenvalue weighted by atomic mass is 16.5. The Hall–Kier alpha value is -2.42. The van der Waals surface area contributed by atoms with Gasteiger partial charge >= 0.3 is 5.97 Å². The van der Waals surface area contributed by atoms with E-state index in [1.54, 1.807) is 6.92 Å². The SMILES string of the molecule is CCc1ccc(CC(CC)CCC2(C(C)=O)CCC(OC(=O)CCCc3ccccc3)CC2)cc1. The summed E-state index contributed by atoms with van der Waals surface area (Å²) in [6, 6.07) is 19.3. The zero-order valence-electron chi connectivity index (χ0n) is 22.1. The third-order valence-electron chi connectivity index (χ3n) is 8.19. The van der Waals surface area contributed by atoms with Crippen molar-refractivity contribution in [2.45, 2.75) is 104 Å². The van der Waals surface area contributed by atoms with Gasteiger partial charge < -0.3 is 4.74 Å². The largest absolute Gasteiger partial charge is 0.462 e. The minimum atomic E-state index is -0.240. The van der Waals surface area contributed by atoms with Crippen LogP contribution in [-0.4, -0.2) is 17.9 Å². The first-order valence-corrected chi connectivity index (χ1v) is 13.8. The average molecular weight is 477 g/mol. The van der Waals surface area contributed by atoms with E-state index in [2.05, 4.69) is 50.2 Å². The Kier molecular flexibility index (Phi) is 10.6. The van der Waals surface area contributed by atoms with Crippen LogP contribution in [0.1, 0.15) is 95.2 Å². The molecule has 0 aliphatic heterocycles. The number of ether oxygens (including phenoxy) is 1. The van der Waals surface area contributed by atoms with Gasteiger partial charge in [0.2, 0.25) is 0 Å². The molecule has 1 saturated carbocycles. The van der Waals surface area contributed by atoms with Gasteiger partial charge in [-0.1, -0.05) is 74.9 Å². The van der Waals surface area contributed by atoms with Gasteiger partial charge in [0.15, 0.2) is 0 Å². The van der Waals surface area contributed by atoms with Crippen LogP contribution in [0.2, 0.25) is 0 Å². The molecule has 1 aliphatic rings. The average Bonchev–Trinajstić information content (AvgIpc) is 2.88. The molecule has 2 aromatic carbocycles. The van der Waals surface area contributed by atoms with Gasteiger partial charge in [-0.05, 0) is 93.7 Å². The van der Waals surface area contributed by atoms with Crippen LogP contribution in [0.5, 0.6) is 0 Å². The van der Waals surface area contributed by atoms with Crippen molar-refractivity contribution in [3.8, 4) is 0 Å². The molecule has 3 rings (SSSR count). The molecule has 0 amide bonds. The quantitative estimate of drug-likeness (QED) is 0.278. The van der Waals surface area contributed by atoms with Crippen molar-refractivity contribution in [3.05, 3.63) is 71.3 Å². The summed E-state index contributed by atoms with van der Waals surface area (Å²) in [7, 11) is 0. The topological polar surface area (TPSA) is 43.4 Å². The lowest BCUT2D eigenvalue weighted by Crippen LogP contribution is -2.37. The van der Waals surface area contributed by atoms with Crippen LogP contribution in [0.15, 0.2) is 54.6 Å². The molecule has 0 heterocycles. The Bertz CT molecular complexity index is 908. The molecular weight excluding hydrogens is 432 g/mol. The van der Waals surface area contributed by atoms with E-state index in [9.17, 15) is 9.59 Å². The number of carbonyl (C=O) groups excluding carboxylic acids is 2. The lowest BCUT2D eigenvalue weighted by molar-refractivity contribution is -0.152. The van der Waals surface area contributed by atoms with E-state index in [0.717, 1.165) is 70.6 Å². The van der Waals surface area contributed by atoms with Gasteiger partial charge in [0.1, 0.15) is 11.9 Å². The first kappa shape index (κ1) is 27.2. The van der Waals surface area contributed by atoms with Gasteiger partial charge in [-0.2, -0.15) is 0 Å². The Labute approximate surface area is 212 Å². The monoisotopic (exact) mass is 476 g/mol. The highest BCUT2D eigenvalue weighted by molar-refractivity contribution is 5.82. The predicted octanol–water partition coefficient (Wildman–Crippen LogP) is 7.68. The van der Waals surface area contributed by atoms with Gasteiger partial charge in [-0.3, -0.25) is 9.59 Å². The fourth-order valence-electron chi connectivity index (χ4n) is 5.54. The summed E-state index contributed by atoms with van der Waals surface area (Å²) in [5.74, 6) is 0.813. The zero-order chi connectivity index (χ0) is 25.1. The highest BCUT2D eigenvalue weighted by Gasteiger charge is 2.40. The van der Waals surface area contributed by atoms with E-state index in [1.807, 2.05) is 18.2 Å². The number of carbonyl (C=O) groups is 2. The Balaban J connectivity index is 1.44. The normalized spacial score (nSPS) is 20.8. The molecule has 1 aliphatic carbocycles. The molecule has 3 nitrogen and oxygen atoms in total. The van der Waals surface area contributed by atoms with E-state index >= 15 is 0 Å². The molecule has 190 valence electrons. The van der Waals surface area contributed by atoms with Crippen molar-refractivity contribution >= 4 is 11.8 Å². The first-order valence-electron chi connectivity index (χ1n) is 13.8. The Morgan fingerprint density at radius 3 is 2.20 bits per heavy atom. The lowest BCUT2D eigenvalue weighted by atomic mass is 9.67. The lowest BCUT2D eigenvalue weighted by Gasteiger charge is -2.39. The molecule has 3 heteroatoms. The summed E-state index contributed by atoms with van der Waals surface area (Å²) < 4.78 is 5.80. The van der Waals surface area contributed by atoms with E-state index in [0.29, 0.717) is 18.1 Å². The van der Waals surface area contributed by atoms with E-state index in [1.165, 1.54) is 16.7 Å². The number of aryl methyl sites for hydroxylation is 2. The molecule has 1 unspecified atom stereocenters. The maximum Gasteiger partial charge on any atom is 0.306 e. The maximum absolute atomic E-state index is 12.7. The standard InChI is InChI=1S/C32H44O3/c1-4-26-14-16-29(17-15-26)24-27(5-2)18-21-32(25(3)33)22-19-30(20-23-32)35-31(34)13-9-12-28-10-7-6-8-11-28/h6-8,10-11,14-17,27,30H,4-5,9,12-13,18-24H2,1-3H3. The molecule has 1 atom stereocenters. The smallest absolute Gasteiger partial charge is 0.306 e. The molecule has 0 N–H and O–H groups in total. The van der Waals surface area contributed by atoms with Gasteiger partial charge in [-0.25, -0.2) is 0 Å². The molecule has 0 spiro atoms. The molecule has 1 fully saturated rings. The van der Waals surface area contributed by atoms with Crippen molar-refractivity contribution in [1.29, 1.82) is 0 Å². The third-order valence-corrected chi connectivity index (χ3v) is 8.19.